The molecule has 0 radical (unpaired) electrons. The van der Waals surface area contributed by atoms with Gasteiger partial charge in [-0.2, -0.15) is 0 Å². The molecule has 180 valence electrons. The second-order valence-corrected chi connectivity index (χ2v) is 10.4. The lowest BCUT2D eigenvalue weighted by molar-refractivity contribution is 0.0818. The van der Waals surface area contributed by atoms with Crippen molar-refractivity contribution >= 4 is 23.2 Å². The van der Waals surface area contributed by atoms with Crippen molar-refractivity contribution < 1.29 is 9.84 Å². The SMILES string of the molecule is CCc1nnc(C(C)C)n1-c1ccc(O[C@H]2c3cc(Cl)cc(Cl)c3C[C@@H]2N2CCC(O)C2)cc1. The minimum atomic E-state index is -0.297. The summed E-state index contributed by atoms with van der Waals surface area (Å²) in [6.07, 6.45) is 1.85. The van der Waals surface area contributed by atoms with Crippen molar-refractivity contribution in [1.82, 2.24) is 19.7 Å². The van der Waals surface area contributed by atoms with E-state index in [0.29, 0.717) is 16.6 Å². The summed E-state index contributed by atoms with van der Waals surface area (Å²) in [5.74, 6) is 2.94. The van der Waals surface area contributed by atoms with E-state index in [-0.39, 0.29) is 24.2 Å². The van der Waals surface area contributed by atoms with Crippen LogP contribution in [0.5, 0.6) is 5.75 Å². The van der Waals surface area contributed by atoms with Gasteiger partial charge in [0.05, 0.1) is 12.1 Å². The molecule has 0 saturated carbocycles. The van der Waals surface area contributed by atoms with Crippen LogP contribution in [-0.4, -0.2) is 50.0 Å². The second kappa shape index (κ2) is 9.50. The van der Waals surface area contributed by atoms with E-state index in [0.717, 1.165) is 60.0 Å². The maximum atomic E-state index is 10.1. The number of benzene rings is 2. The van der Waals surface area contributed by atoms with Gasteiger partial charge in [-0.1, -0.05) is 44.0 Å². The van der Waals surface area contributed by atoms with E-state index in [2.05, 4.69) is 52.6 Å². The van der Waals surface area contributed by atoms with Gasteiger partial charge in [0.1, 0.15) is 23.5 Å². The number of aliphatic hydroxyl groups is 1. The molecule has 2 heterocycles. The van der Waals surface area contributed by atoms with Gasteiger partial charge in [-0.05, 0) is 54.8 Å². The van der Waals surface area contributed by atoms with Crippen LogP contribution in [0.2, 0.25) is 10.0 Å². The van der Waals surface area contributed by atoms with Crippen LogP contribution in [0.3, 0.4) is 0 Å². The zero-order chi connectivity index (χ0) is 24.0. The predicted molar refractivity (Wildman–Crippen MR) is 134 cm³/mol. The van der Waals surface area contributed by atoms with Gasteiger partial charge in [0, 0.05) is 46.7 Å². The molecule has 3 aromatic rings. The molecule has 8 heteroatoms. The van der Waals surface area contributed by atoms with Gasteiger partial charge >= 0.3 is 0 Å². The van der Waals surface area contributed by atoms with Crippen LogP contribution in [0.1, 0.15) is 62.0 Å². The molecular weight excluding hydrogens is 471 g/mol. The van der Waals surface area contributed by atoms with Crippen molar-refractivity contribution in [2.75, 3.05) is 13.1 Å². The smallest absolute Gasteiger partial charge is 0.140 e. The predicted octanol–water partition coefficient (Wildman–Crippen LogP) is 5.37. The number of hydrogen-bond acceptors (Lipinski definition) is 5. The monoisotopic (exact) mass is 500 g/mol. The number of fused-ring (bicyclic) bond motifs is 1. The Morgan fingerprint density at radius 2 is 1.91 bits per heavy atom. The number of likely N-dealkylation sites (tertiary alicyclic amines) is 1. The molecule has 2 aromatic carbocycles. The Hall–Kier alpha value is -2.12. The van der Waals surface area contributed by atoms with E-state index >= 15 is 0 Å². The molecule has 1 aliphatic heterocycles. The summed E-state index contributed by atoms with van der Waals surface area (Å²) in [5.41, 5.74) is 3.13. The van der Waals surface area contributed by atoms with E-state index in [9.17, 15) is 5.11 Å². The van der Waals surface area contributed by atoms with Gasteiger partial charge < -0.3 is 9.84 Å². The average molecular weight is 501 g/mol. The highest BCUT2D eigenvalue weighted by Crippen LogP contribution is 2.43. The Balaban J connectivity index is 1.45. The van der Waals surface area contributed by atoms with E-state index in [1.54, 1.807) is 6.07 Å². The summed E-state index contributed by atoms with van der Waals surface area (Å²) in [6, 6.07) is 12.0. The highest BCUT2D eigenvalue weighted by atomic mass is 35.5. The topological polar surface area (TPSA) is 63.4 Å². The first kappa shape index (κ1) is 23.6. The number of rotatable bonds is 6. The molecular formula is C26H30Cl2N4O2. The number of aliphatic hydroxyl groups excluding tert-OH is 1. The van der Waals surface area contributed by atoms with E-state index in [4.69, 9.17) is 27.9 Å². The molecule has 1 fully saturated rings. The summed E-state index contributed by atoms with van der Waals surface area (Å²) in [7, 11) is 0. The lowest BCUT2D eigenvalue weighted by atomic mass is 10.1. The van der Waals surface area contributed by atoms with Crippen molar-refractivity contribution in [2.45, 2.75) is 64.2 Å². The Kier molecular flexibility index (Phi) is 6.60. The minimum absolute atomic E-state index is 0.0971. The van der Waals surface area contributed by atoms with E-state index in [1.165, 1.54) is 0 Å². The highest BCUT2D eigenvalue weighted by molar-refractivity contribution is 6.35. The third-order valence-corrected chi connectivity index (χ3v) is 7.43. The van der Waals surface area contributed by atoms with E-state index < -0.39 is 0 Å². The molecule has 1 saturated heterocycles. The number of hydrogen-bond donors (Lipinski definition) is 1. The fourth-order valence-electron chi connectivity index (χ4n) is 5.18. The van der Waals surface area contributed by atoms with Gasteiger partial charge in [0.15, 0.2) is 0 Å². The van der Waals surface area contributed by atoms with Crippen LogP contribution in [0.25, 0.3) is 5.69 Å². The van der Waals surface area contributed by atoms with Crippen LogP contribution >= 0.6 is 23.2 Å². The van der Waals surface area contributed by atoms with Gasteiger partial charge in [-0.3, -0.25) is 9.47 Å². The van der Waals surface area contributed by atoms with E-state index in [1.807, 2.05) is 18.2 Å². The molecule has 3 atom stereocenters. The Labute approximate surface area is 210 Å². The molecule has 1 aliphatic carbocycles. The molecule has 1 aromatic heterocycles. The van der Waals surface area contributed by atoms with Gasteiger partial charge in [-0.15, -0.1) is 10.2 Å². The van der Waals surface area contributed by atoms with Crippen molar-refractivity contribution in [3.8, 4) is 11.4 Å². The zero-order valence-electron chi connectivity index (χ0n) is 19.7. The fourth-order valence-corrected chi connectivity index (χ4v) is 5.77. The lowest BCUT2D eigenvalue weighted by Gasteiger charge is -2.30. The quantitative estimate of drug-likeness (QED) is 0.492. The Morgan fingerprint density at radius 1 is 1.15 bits per heavy atom. The first-order valence-corrected chi connectivity index (χ1v) is 12.7. The van der Waals surface area contributed by atoms with Crippen LogP contribution in [0.4, 0.5) is 0 Å². The fraction of sp³-hybridized carbons (Fsp3) is 0.462. The first-order chi connectivity index (χ1) is 16.4. The van der Waals surface area contributed by atoms with Gasteiger partial charge in [0.25, 0.3) is 0 Å². The largest absolute Gasteiger partial charge is 0.484 e. The van der Waals surface area contributed by atoms with Gasteiger partial charge in [-0.25, -0.2) is 0 Å². The Morgan fingerprint density at radius 3 is 2.56 bits per heavy atom. The number of aromatic nitrogens is 3. The molecule has 0 amide bonds. The maximum Gasteiger partial charge on any atom is 0.140 e. The van der Waals surface area contributed by atoms with Crippen LogP contribution < -0.4 is 4.74 Å². The van der Waals surface area contributed by atoms with Crippen molar-refractivity contribution in [1.29, 1.82) is 0 Å². The summed E-state index contributed by atoms with van der Waals surface area (Å²) in [4.78, 5) is 2.31. The van der Waals surface area contributed by atoms with Crippen LogP contribution in [0.15, 0.2) is 36.4 Å². The van der Waals surface area contributed by atoms with Crippen LogP contribution in [-0.2, 0) is 12.8 Å². The zero-order valence-corrected chi connectivity index (χ0v) is 21.2. The molecule has 1 unspecified atom stereocenters. The van der Waals surface area contributed by atoms with Crippen molar-refractivity contribution in [2.24, 2.45) is 0 Å². The third-order valence-electron chi connectivity index (χ3n) is 6.87. The summed E-state index contributed by atoms with van der Waals surface area (Å²) in [6.45, 7) is 7.83. The standard InChI is InChI=1S/C26H30Cl2N4O2/c1-4-24-29-30-26(15(2)3)32(24)17-5-7-19(8-6-17)34-25-21-11-16(27)12-22(28)20(21)13-23(25)31-10-9-18(33)14-31/h5-8,11-12,15,18,23,25,33H,4,9-10,13-14H2,1-3H3/t18?,23-,25-/m0/s1. The number of β-amino-alcohol motifs (C(OH)–C–C–N with tert-alkyl or cyclic N) is 1. The second-order valence-electron chi connectivity index (χ2n) is 9.51. The average Bonchev–Trinajstić information content (AvgIpc) is 3.51. The minimum Gasteiger partial charge on any atom is -0.484 e. The summed E-state index contributed by atoms with van der Waals surface area (Å²) >= 11 is 12.9. The molecule has 34 heavy (non-hydrogen) atoms. The molecule has 0 spiro atoms. The summed E-state index contributed by atoms with van der Waals surface area (Å²) in [5, 5.41) is 20.2. The van der Waals surface area contributed by atoms with Gasteiger partial charge in [0.2, 0.25) is 0 Å². The Bertz CT molecular complexity index is 1180. The lowest BCUT2D eigenvalue weighted by Crippen LogP contribution is -2.39. The maximum absolute atomic E-state index is 10.1. The van der Waals surface area contributed by atoms with Crippen molar-refractivity contribution in [3.63, 3.8) is 0 Å². The third kappa shape index (κ3) is 4.33. The highest BCUT2D eigenvalue weighted by Gasteiger charge is 2.41. The van der Waals surface area contributed by atoms with Crippen molar-refractivity contribution in [3.05, 3.63) is 69.2 Å². The number of ether oxygens (including phenoxy) is 1. The number of halogens is 2. The molecule has 2 aliphatic rings. The number of aryl methyl sites for hydroxylation is 1. The number of nitrogens with zero attached hydrogens (tertiary/aromatic N) is 4. The first-order valence-electron chi connectivity index (χ1n) is 12.0. The van der Waals surface area contributed by atoms with Crippen LogP contribution in [0, 0.1) is 0 Å². The molecule has 1 N–H and O–H groups in total. The molecule has 0 bridgehead atoms. The molecule has 5 rings (SSSR count). The summed E-state index contributed by atoms with van der Waals surface area (Å²) < 4.78 is 8.73. The normalized spacial score (nSPS) is 22.5. The molecule has 6 nitrogen and oxygen atoms in total.